The van der Waals surface area contributed by atoms with E-state index in [1.54, 1.807) is 0 Å². The summed E-state index contributed by atoms with van der Waals surface area (Å²) in [7, 11) is 0.962. The van der Waals surface area contributed by atoms with Gasteiger partial charge in [0.15, 0.2) is 17.3 Å². The molecule has 3 aromatic carbocycles. The molecule has 46 heavy (non-hydrogen) atoms. The Labute approximate surface area is 255 Å². The van der Waals surface area contributed by atoms with Crippen LogP contribution in [0.4, 0.5) is 68.5 Å². The summed E-state index contributed by atoms with van der Waals surface area (Å²) >= 11 is 2.32. The van der Waals surface area contributed by atoms with E-state index in [-0.39, 0.29) is 11.6 Å². The number of fused-ring (bicyclic) bond motifs is 1. The maximum absolute atomic E-state index is 15.5. The van der Waals surface area contributed by atoms with Crippen molar-refractivity contribution in [1.29, 1.82) is 0 Å². The Morgan fingerprint density at radius 2 is 1.43 bits per heavy atom. The van der Waals surface area contributed by atoms with Crippen molar-refractivity contribution in [3.8, 4) is 11.5 Å². The second kappa shape index (κ2) is 11.2. The standard InChI is InChI=1S/C26H12BrF13N2O4/c1-42(21(44)10-5-6-16-17(7-10)46-26(39,40)45-16)15-4-2-3-12(18(15)28)20(43)41-19-13(23(30,31)32)8-11(9-14(19)27)22(29,24(33,34)35)25(36,37)38/h2-9H,1H3,(H,41,43). The third-order valence-corrected chi connectivity index (χ3v) is 6.98. The molecule has 1 aliphatic heterocycles. The summed E-state index contributed by atoms with van der Waals surface area (Å²) in [5.41, 5.74) is -14.8. The summed E-state index contributed by atoms with van der Waals surface area (Å²) in [6, 6.07) is 4.25. The van der Waals surface area contributed by atoms with Crippen LogP contribution < -0.4 is 19.7 Å². The first kappa shape index (κ1) is 34.6. The zero-order valence-corrected chi connectivity index (χ0v) is 23.6. The van der Waals surface area contributed by atoms with Crippen LogP contribution in [-0.2, 0) is 11.8 Å². The molecule has 0 fully saturated rings. The zero-order valence-electron chi connectivity index (χ0n) is 22.0. The van der Waals surface area contributed by atoms with E-state index >= 15 is 4.39 Å². The molecule has 6 nitrogen and oxygen atoms in total. The summed E-state index contributed by atoms with van der Waals surface area (Å²) < 4.78 is 185. The SMILES string of the molecule is CN(C(=O)c1ccc2c(c1)OC(F)(F)O2)c1cccc(C(=O)Nc2c(Br)cc(C(F)(C(F)(F)F)C(F)(F)F)cc2C(F)(F)F)c1F. The van der Waals surface area contributed by atoms with Crippen LogP contribution in [0, 0.1) is 5.82 Å². The molecular weight excluding hydrogens is 731 g/mol. The molecule has 2 amide bonds. The van der Waals surface area contributed by atoms with Crippen molar-refractivity contribution < 1.29 is 76.1 Å². The average Bonchev–Trinajstić information content (AvgIpc) is 3.23. The first-order valence-electron chi connectivity index (χ1n) is 11.9. The Hall–Kier alpha value is -4.23. The lowest BCUT2D eigenvalue weighted by Gasteiger charge is -2.31. The van der Waals surface area contributed by atoms with Crippen molar-refractivity contribution >= 4 is 39.1 Å². The summed E-state index contributed by atoms with van der Waals surface area (Å²) in [5, 5.41) is 1.53. The molecule has 0 radical (unpaired) electrons. The number of hydrogen-bond acceptors (Lipinski definition) is 4. The molecule has 0 spiro atoms. The summed E-state index contributed by atoms with van der Waals surface area (Å²) in [6.07, 6.45) is -23.4. The highest BCUT2D eigenvalue weighted by Gasteiger charge is 2.73. The average molecular weight is 743 g/mol. The van der Waals surface area contributed by atoms with E-state index < -0.39 is 98.2 Å². The number of carbonyl (C=O) groups is 2. The Morgan fingerprint density at radius 3 is 2.00 bits per heavy atom. The van der Waals surface area contributed by atoms with Gasteiger partial charge < -0.3 is 19.7 Å². The Balaban J connectivity index is 1.70. The van der Waals surface area contributed by atoms with Gasteiger partial charge in [0.25, 0.3) is 11.8 Å². The molecule has 3 aromatic rings. The molecule has 0 saturated heterocycles. The van der Waals surface area contributed by atoms with Crippen LogP contribution in [0.25, 0.3) is 0 Å². The summed E-state index contributed by atoms with van der Waals surface area (Å²) in [4.78, 5) is 26.4. The smallest absolute Gasteiger partial charge is 0.395 e. The van der Waals surface area contributed by atoms with E-state index in [4.69, 9.17) is 0 Å². The Morgan fingerprint density at radius 1 is 0.848 bits per heavy atom. The van der Waals surface area contributed by atoms with Crippen LogP contribution in [0.1, 0.15) is 31.8 Å². The Bertz CT molecular complexity index is 1710. The van der Waals surface area contributed by atoms with E-state index in [0.29, 0.717) is 11.0 Å². The molecule has 0 bridgehead atoms. The molecule has 0 aliphatic carbocycles. The zero-order chi connectivity index (χ0) is 34.8. The van der Waals surface area contributed by atoms with Crippen molar-refractivity contribution in [3.05, 3.63) is 81.1 Å². The molecule has 1 heterocycles. The van der Waals surface area contributed by atoms with Gasteiger partial charge >= 0.3 is 30.5 Å². The number of hydrogen-bond donors (Lipinski definition) is 1. The predicted molar refractivity (Wildman–Crippen MR) is 134 cm³/mol. The molecule has 1 N–H and O–H groups in total. The van der Waals surface area contributed by atoms with Crippen molar-refractivity contribution in [1.82, 2.24) is 0 Å². The fraction of sp³-hybridized carbons (Fsp3) is 0.231. The number of benzene rings is 3. The van der Waals surface area contributed by atoms with Gasteiger partial charge in [-0.05, 0) is 58.4 Å². The number of carbonyl (C=O) groups excluding carboxylic acids is 2. The summed E-state index contributed by atoms with van der Waals surface area (Å²) in [6.45, 7) is 0. The third-order valence-electron chi connectivity index (χ3n) is 6.35. The van der Waals surface area contributed by atoms with Gasteiger partial charge in [-0.3, -0.25) is 9.59 Å². The minimum absolute atomic E-state index is 0.285. The number of halogens is 14. The number of alkyl halides is 12. The molecular formula is C26H12BrF13N2O4. The first-order chi connectivity index (χ1) is 20.9. The number of amides is 2. The highest BCUT2D eigenvalue weighted by Crippen LogP contribution is 2.55. The van der Waals surface area contributed by atoms with Gasteiger partial charge in [0, 0.05) is 22.6 Å². The highest BCUT2D eigenvalue weighted by atomic mass is 79.9. The maximum atomic E-state index is 15.5. The number of anilines is 2. The second-order valence-corrected chi connectivity index (χ2v) is 10.2. The van der Waals surface area contributed by atoms with E-state index in [2.05, 4.69) is 25.4 Å². The van der Waals surface area contributed by atoms with Crippen molar-refractivity contribution in [2.45, 2.75) is 30.5 Å². The van der Waals surface area contributed by atoms with Gasteiger partial charge in [-0.1, -0.05) is 6.07 Å². The molecule has 0 aromatic heterocycles. The third kappa shape index (κ3) is 6.13. The van der Waals surface area contributed by atoms with Crippen LogP contribution in [0.2, 0.25) is 0 Å². The highest BCUT2D eigenvalue weighted by molar-refractivity contribution is 9.10. The molecule has 4 rings (SSSR count). The van der Waals surface area contributed by atoms with E-state index in [1.807, 2.05) is 0 Å². The van der Waals surface area contributed by atoms with Crippen LogP contribution in [0.15, 0.2) is 53.0 Å². The maximum Gasteiger partial charge on any atom is 0.586 e. The van der Waals surface area contributed by atoms with Gasteiger partial charge in [-0.25, -0.2) is 8.78 Å². The van der Waals surface area contributed by atoms with E-state index in [9.17, 15) is 62.3 Å². The fourth-order valence-electron chi connectivity index (χ4n) is 4.16. The largest absolute Gasteiger partial charge is 0.586 e. The first-order valence-corrected chi connectivity index (χ1v) is 12.7. The van der Waals surface area contributed by atoms with Crippen molar-refractivity contribution in [3.63, 3.8) is 0 Å². The van der Waals surface area contributed by atoms with Crippen LogP contribution in [-0.4, -0.2) is 37.5 Å². The van der Waals surface area contributed by atoms with Gasteiger partial charge in [-0.15, -0.1) is 8.78 Å². The lowest BCUT2D eigenvalue weighted by atomic mass is 9.92. The predicted octanol–water partition coefficient (Wildman–Crippen LogP) is 8.75. The van der Waals surface area contributed by atoms with E-state index in [0.717, 1.165) is 37.4 Å². The van der Waals surface area contributed by atoms with Crippen LogP contribution in [0.5, 0.6) is 11.5 Å². The van der Waals surface area contributed by atoms with Gasteiger partial charge in [-0.2, -0.15) is 39.5 Å². The van der Waals surface area contributed by atoms with Gasteiger partial charge in [0.05, 0.1) is 22.5 Å². The lowest BCUT2D eigenvalue weighted by Crippen LogP contribution is -2.50. The van der Waals surface area contributed by atoms with Crippen molar-refractivity contribution in [2.75, 3.05) is 17.3 Å². The minimum atomic E-state index is -6.77. The number of nitrogens with zero attached hydrogens (tertiary/aromatic N) is 1. The molecule has 0 saturated carbocycles. The van der Waals surface area contributed by atoms with Crippen molar-refractivity contribution in [2.24, 2.45) is 0 Å². The molecule has 20 heteroatoms. The number of nitrogens with one attached hydrogen (secondary N) is 1. The minimum Gasteiger partial charge on any atom is -0.395 e. The topological polar surface area (TPSA) is 67.9 Å². The lowest BCUT2D eigenvalue weighted by molar-refractivity contribution is -0.348. The normalized spacial score (nSPS) is 14.7. The Kier molecular flexibility index (Phi) is 8.46. The van der Waals surface area contributed by atoms with Gasteiger partial charge in [0.1, 0.15) is 0 Å². The molecule has 248 valence electrons. The molecule has 1 aliphatic rings. The molecule has 0 unspecified atom stereocenters. The fourth-order valence-corrected chi connectivity index (χ4v) is 4.72. The molecule has 0 atom stereocenters. The summed E-state index contributed by atoms with van der Waals surface area (Å²) in [5.74, 6) is -5.34. The number of rotatable bonds is 5. The van der Waals surface area contributed by atoms with E-state index in [1.165, 1.54) is 5.32 Å². The van der Waals surface area contributed by atoms with Crippen LogP contribution >= 0.6 is 15.9 Å². The monoisotopic (exact) mass is 742 g/mol. The van der Waals surface area contributed by atoms with Gasteiger partial charge in [0.2, 0.25) is 0 Å². The second-order valence-electron chi connectivity index (χ2n) is 9.32. The number of ether oxygens (including phenoxy) is 2. The van der Waals surface area contributed by atoms with Crippen LogP contribution in [0.3, 0.4) is 0 Å². The quantitative estimate of drug-likeness (QED) is 0.266.